The molecule has 0 spiro atoms. The van der Waals surface area contributed by atoms with Gasteiger partial charge in [-0.1, -0.05) is 6.92 Å². The molecule has 2 N–H and O–H groups in total. The van der Waals surface area contributed by atoms with Gasteiger partial charge in [0.25, 0.3) is 0 Å². The molecule has 0 radical (unpaired) electrons. The van der Waals surface area contributed by atoms with Crippen LogP contribution in [0.1, 0.15) is 33.3 Å². The van der Waals surface area contributed by atoms with E-state index in [0.717, 1.165) is 12.1 Å². The third-order valence-electron chi connectivity index (χ3n) is 2.95. The maximum atomic E-state index is 12.2. The minimum atomic E-state index is -3.49. The largest absolute Gasteiger partial charge is 0.491 e. The Morgan fingerprint density at radius 1 is 1.24 bits per heavy atom. The molecule has 0 amide bonds. The summed E-state index contributed by atoms with van der Waals surface area (Å²) in [6, 6.07) is 5.01. The molecule has 1 atom stereocenters. The number of rotatable bonds is 8. The molecule has 5 nitrogen and oxygen atoms in total. The number of ether oxygens (including phenoxy) is 1. The predicted molar refractivity (Wildman–Crippen MR) is 85.3 cm³/mol. The molecule has 0 aliphatic heterocycles. The summed E-state index contributed by atoms with van der Waals surface area (Å²) in [6.07, 6.45) is 0.0604. The van der Waals surface area contributed by atoms with Gasteiger partial charge in [-0.3, -0.25) is 0 Å². The van der Waals surface area contributed by atoms with Crippen LogP contribution in [-0.2, 0) is 10.0 Å². The molecule has 0 aromatic heterocycles. The molecular weight excluding hydrogens is 288 g/mol. The molecule has 120 valence electrons. The Kier molecular flexibility index (Phi) is 6.64. The van der Waals surface area contributed by atoms with Gasteiger partial charge in [-0.05, 0) is 58.0 Å². The van der Waals surface area contributed by atoms with Gasteiger partial charge in [0.05, 0.1) is 11.0 Å². The normalized spacial score (nSPS) is 13.4. The van der Waals surface area contributed by atoms with Crippen molar-refractivity contribution in [2.45, 2.75) is 51.7 Å². The highest BCUT2D eigenvalue weighted by molar-refractivity contribution is 7.89. The summed E-state index contributed by atoms with van der Waals surface area (Å²) < 4.78 is 32.7. The van der Waals surface area contributed by atoms with Crippen molar-refractivity contribution in [1.82, 2.24) is 10.0 Å². The van der Waals surface area contributed by atoms with Crippen LogP contribution in [0.5, 0.6) is 5.75 Å². The lowest BCUT2D eigenvalue weighted by Gasteiger charge is -2.15. The summed E-state index contributed by atoms with van der Waals surface area (Å²) in [5, 5.41) is 3.16. The molecule has 0 saturated heterocycles. The van der Waals surface area contributed by atoms with Gasteiger partial charge in [-0.25, -0.2) is 13.1 Å². The van der Waals surface area contributed by atoms with Crippen LogP contribution in [0.4, 0.5) is 0 Å². The van der Waals surface area contributed by atoms with Crippen molar-refractivity contribution >= 4 is 10.0 Å². The van der Waals surface area contributed by atoms with E-state index in [0.29, 0.717) is 12.3 Å². The smallest absolute Gasteiger partial charge is 0.240 e. The topological polar surface area (TPSA) is 67.4 Å². The number of hydrogen-bond acceptors (Lipinski definition) is 4. The molecule has 0 unspecified atom stereocenters. The molecule has 0 heterocycles. The van der Waals surface area contributed by atoms with Gasteiger partial charge in [0.2, 0.25) is 10.0 Å². The highest BCUT2D eigenvalue weighted by Crippen LogP contribution is 2.22. The van der Waals surface area contributed by atoms with Crippen molar-refractivity contribution in [3.8, 4) is 5.75 Å². The lowest BCUT2D eigenvalue weighted by atomic mass is 10.2. The number of sulfonamides is 1. The molecule has 0 saturated carbocycles. The minimum absolute atomic E-state index is 0.0604. The van der Waals surface area contributed by atoms with Gasteiger partial charge in [0.15, 0.2) is 0 Å². The van der Waals surface area contributed by atoms with E-state index in [1.807, 2.05) is 34.6 Å². The first-order valence-corrected chi connectivity index (χ1v) is 8.75. The van der Waals surface area contributed by atoms with Crippen LogP contribution in [0.25, 0.3) is 0 Å². The summed E-state index contributed by atoms with van der Waals surface area (Å²) >= 11 is 0. The van der Waals surface area contributed by atoms with Crippen LogP contribution in [0.15, 0.2) is 23.1 Å². The van der Waals surface area contributed by atoms with E-state index >= 15 is 0 Å². The van der Waals surface area contributed by atoms with Gasteiger partial charge in [-0.15, -0.1) is 0 Å². The van der Waals surface area contributed by atoms with Crippen LogP contribution in [-0.4, -0.2) is 33.7 Å². The van der Waals surface area contributed by atoms with E-state index in [-0.39, 0.29) is 17.0 Å². The lowest BCUT2D eigenvalue weighted by Crippen LogP contribution is -2.38. The molecule has 0 bridgehead atoms. The van der Waals surface area contributed by atoms with Crippen LogP contribution >= 0.6 is 0 Å². The quantitative estimate of drug-likeness (QED) is 0.771. The van der Waals surface area contributed by atoms with E-state index < -0.39 is 10.0 Å². The van der Waals surface area contributed by atoms with E-state index in [1.54, 1.807) is 18.2 Å². The molecule has 0 aliphatic rings. The third-order valence-corrected chi connectivity index (χ3v) is 4.37. The molecular formula is C15H26N2O3S. The van der Waals surface area contributed by atoms with E-state index in [9.17, 15) is 8.42 Å². The zero-order chi connectivity index (χ0) is 16.0. The fourth-order valence-corrected chi connectivity index (χ4v) is 3.13. The molecule has 21 heavy (non-hydrogen) atoms. The molecule has 0 fully saturated rings. The number of hydrogen-bond donors (Lipinski definition) is 2. The van der Waals surface area contributed by atoms with Crippen molar-refractivity contribution in [2.24, 2.45) is 0 Å². The van der Waals surface area contributed by atoms with Crippen molar-refractivity contribution in [3.05, 3.63) is 23.8 Å². The zero-order valence-electron chi connectivity index (χ0n) is 13.4. The molecule has 6 heteroatoms. The first kappa shape index (κ1) is 17.9. The summed E-state index contributed by atoms with van der Waals surface area (Å²) in [5.74, 6) is 0.713. The minimum Gasteiger partial charge on any atom is -0.491 e. The van der Waals surface area contributed by atoms with Gasteiger partial charge in [0, 0.05) is 12.6 Å². The summed E-state index contributed by atoms with van der Waals surface area (Å²) in [5.41, 5.74) is 0.811. The fraction of sp³-hybridized carbons (Fsp3) is 0.600. The second-order valence-corrected chi connectivity index (χ2v) is 7.17. The Morgan fingerprint density at radius 2 is 1.90 bits per heavy atom. The average molecular weight is 314 g/mol. The molecule has 1 rings (SSSR count). The first-order valence-electron chi connectivity index (χ1n) is 7.26. The van der Waals surface area contributed by atoms with Gasteiger partial charge < -0.3 is 10.1 Å². The van der Waals surface area contributed by atoms with Crippen molar-refractivity contribution in [1.29, 1.82) is 0 Å². The summed E-state index contributed by atoms with van der Waals surface area (Å²) in [7, 11) is -3.49. The Bertz CT molecular complexity index is 556. The van der Waals surface area contributed by atoms with Crippen molar-refractivity contribution < 1.29 is 13.2 Å². The second-order valence-electron chi connectivity index (χ2n) is 5.40. The predicted octanol–water partition coefficient (Wildman–Crippen LogP) is 2.06. The molecule has 1 aromatic rings. The number of likely N-dealkylation sites (N-methyl/N-ethyl adjacent to an activating group) is 1. The second kappa shape index (κ2) is 7.77. The highest BCUT2D eigenvalue weighted by Gasteiger charge is 2.16. The summed E-state index contributed by atoms with van der Waals surface area (Å²) in [6.45, 7) is 10.8. The SMILES string of the molecule is CCN[C@H](C)CNS(=O)(=O)c1ccc(OC(C)C)c(C)c1. The van der Waals surface area contributed by atoms with Crippen LogP contribution in [0.3, 0.4) is 0 Å². The number of nitrogens with one attached hydrogen (secondary N) is 2. The Balaban J connectivity index is 2.82. The van der Waals surface area contributed by atoms with Gasteiger partial charge in [0.1, 0.15) is 5.75 Å². The number of aryl methyl sites for hydroxylation is 1. The standard InChI is InChI=1S/C15H26N2O3S/c1-6-16-13(5)10-17-21(18,19)14-7-8-15(12(4)9-14)20-11(2)3/h7-9,11,13,16-17H,6,10H2,1-5H3/t13-/m1/s1. The highest BCUT2D eigenvalue weighted by atomic mass is 32.2. The lowest BCUT2D eigenvalue weighted by molar-refractivity contribution is 0.240. The zero-order valence-corrected chi connectivity index (χ0v) is 14.3. The number of benzene rings is 1. The monoisotopic (exact) mass is 314 g/mol. The van der Waals surface area contributed by atoms with Crippen LogP contribution < -0.4 is 14.8 Å². The van der Waals surface area contributed by atoms with E-state index in [4.69, 9.17) is 4.74 Å². The maximum absolute atomic E-state index is 12.2. The van der Waals surface area contributed by atoms with Gasteiger partial charge in [-0.2, -0.15) is 0 Å². The first-order chi connectivity index (χ1) is 9.76. The summed E-state index contributed by atoms with van der Waals surface area (Å²) in [4.78, 5) is 0.264. The Morgan fingerprint density at radius 3 is 2.43 bits per heavy atom. The third kappa shape index (κ3) is 5.65. The Labute approximate surface area is 128 Å². The van der Waals surface area contributed by atoms with Crippen molar-refractivity contribution in [3.63, 3.8) is 0 Å². The Hall–Kier alpha value is -1.11. The van der Waals surface area contributed by atoms with E-state index in [2.05, 4.69) is 10.0 Å². The van der Waals surface area contributed by atoms with Crippen molar-refractivity contribution in [2.75, 3.05) is 13.1 Å². The fourth-order valence-electron chi connectivity index (χ4n) is 1.91. The van der Waals surface area contributed by atoms with Crippen LogP contribution in [0.2, 0.25) is 0 Å². The molecule has 1 aromatic carbocycles. The maximum Gasteiger partial charge on any atom is 0.240 e. The van der Waals surface area contributed by atoms with Gasteiger partial charge >= 0.3 is 0 Å². The van der Waals surface area contributed by atoms with Crippen LogP contribution in [0, 0.1) is 6.92 Å². The van der Waals surface area contributed by atoms with E-state index in [1.165, 1.54) is 0 Å². The average Bonchev–Trinajstić information content (AvgIpc) is 2.39. The molecule has 0 aliphatic carbocycles.